The van der Waals surface area contributed by atoms with Gasteiger partial charge in [-0.15, -0.1) is 0 Å². The molecule has 4 heteroatoms. The third-order valence-corrected chi connectivity index (χ3v) is 11.0. The molecule has 0 fully saturated rings. The fourth-order valence-electron chi connectivity index (χ4n) is 7.26. The lowest BCUT2D eigenvalue weighted by molar-refractivity contribution is 0.590. The maximum atomic E-state index is 5.39. The molecule has 56 heavy (non-hydrogen) atoms. The van der Waals surface area contributed by atoms with E-state index in [1.807, 2.05) is 0 Å². The highest BCUT2D eigenvalue weighted by atomic mass is 15.0. The smallest absolute Gasteiger partial charge is 0.139 e. The molecule has 2 N–H and O–H groups in total. The maximum absolute atomic E-state index is 5.39. The molecule has 0 bridgehead atoms. The summed E-state index contributed by atoms with van der Waals surface area (Å²) in [6, 6.07) is 44.1. The normalized spacial score (nSPS) is 12.6. The number of nitrogens with one attached hydrogen (secondary N) is 2. The van der Waals surface area contributed by atoms with E-state index in [1.54, 1.807) is 0 Å². The van der Waals surface area contributed by atoms with E-state index in [2.05, 4.69) is 214 Å². The molecule has 0 aliphatic heterocycles. The summed E-state index contributed by atoms with van der Waals surface area (Å²) in [7, 11) is 0. The van der Waals surface area contributed by atoms with Gasteiger partial charge in [0, 0.05) is 33.4 Å². The Morgan fingerprint density at radius 3 is 0.821 bits per heavy atom. The molecule has 0 aliphatic rings. The molecular weight excluding hydrogens is 681 g/mol. The first-order chi connectivity index (χ1) is 26.3. The third-order valence-electron chi connectivity index (χ3n) is 11.0. The zero-order chi connectivity index (χ0) is 40.2. The Hall–Kier alpha value is -5.48. The summed E-state index contributed by atoms with van der Waals surface area (Å²) in [5, 5.41) is 0. The number of aromatic amines is 2. The molecule has 0 aliphatic carbocycles. The molecule has 0 unspecified atom stereocenters. The van der Waals surface area contributed by atoms with Crippen molar-refractivity contribution >= 4 is 0 Å². The van der Waals surface area contributed by atoms with Crippen LogP contribution < -0.4 is 0 Å². The lowest BCUT2D eigenvalue weighted by atomic mass is 9.86. The van der Waals surface area contributed by atoms with Crippen LogP contribution >= 0.6 is 0 Å². The molecule has 7 aromatic rings. The first-order valence-corrected chi connectivity index (χ1v) is 20.0. The summed E-state index contributed by atoms with van der Waals surface area (Å²) in [6.07, 6.45) is 0. The van der Waals surface area contributed by atoms with Gasteiger partial charge in [-0.3, -0.25) is 0 Å². The van der Waals surface area contributed by atoms with Crippen LogP contribution in [0.2, 0.25) is 0 Å². The van der Waals surface area contributed by atoms with Gasteiger partial charge in [-0.2, -0.15) is 0 Å². The highest BCUT2D eigenvalue weighted by Crippen LogP contribution is 2.40. The van der Waals surface area contributed by atoms with Crippen molar-refractivity contribution in [1.29, 1.82) is 0 Å². The second-order valence-corrected chi connectivity index (χ2v) is 19.5. The standard InChI is InChI=1S/C52H58N4/c1-49(2,3)37-25-17-33(18-26-37)43-44(34-19-27-38(28-20-34)50(4,5)6)54-47(53-43)41-15-13-14-16-42(41)48-55-45(35-21-29-39(30-22-35)51(7,8)9)46(56-48)36-23-31-40(32-24-36)52(10,11)12/h13-32H,1-12H3,(H,53,54)(H,55,56). The molecule has 0 spiro atoms. The monoisotopic (exact) mass is 738 g/mol. The highest BCUT2D eigenvalue weighted by Gasteiger charge is 2.24. The van der Waals surface area contributed by atoms with Gasteiger partial charge >= 0.3 is 0 Å². The summed E-state index contributed by atoms with van der Waals surface area (Å²) >= 11 is 0. The second kappa shape index (κ2) is 14.2. The first-order valence-electron chi connectivity index (χ1n) is 20.0. The number of hydrogen-bond acceptors (Lipinski definition) is 2. The Morgan fingerprint density at radius 2 is 0.571 bits per heavy atom. The van der Waals surface area contributed by atoms with Crippen molar-refractivity contribution in [1.82, 2.24) is 19.9 Å². The first kappa shape index (κ1) is 38.8. The van der Waals surface area contributed by atoms with Gasteiger partial charge in [-0.05, 0) is 43.9 Å². The summed E-state index contributed by atoms with van der Waals surface area (Å²) in [5.74, 6) is 1.60. The van der Waals surface area contributed by atoms with Gasteiger partial charge < -0.3 is 9.97 Å². The van der Waals surface area contributed by atoms with E-state index in [0.717, 1.165) is 67.8 Å². The van der Waals surface area contributed by atoms with E-state index in [0.29, 0.717) is 0 Å². The zero-order valence-corrected chi connectivity index (χ0v) is 35.4. The molecule has 0 radical (unpaired) electrons. The average Bonchev–Trinajstić information content (AvgIpc) is 3.80. The van der Waals surface area contributed by atoms with Gasteiger partial charge in [0.1, 0.15) is 11.6 Å². The van der Waals surface area contributed by atoms with Crippen LogP contribution in [-0.2, 0) is 21.7 Å². The largest absolute Gasteiger partial charge is 0.337 e. The van der Waals surface area contributed by atoms with Crippen LogP contribution in [0.15, 0.2) is 121 Å². The van der Waals surface area contributed by atoms with Crippen molar-refractivity contribution in [3.8, 4) is 67.8 Å². The molecule has 2 heterocycles. The van der Waals surface area contributed by atoms with Gasteiger partial charge in [0.05, 0.1) is 22.8 Å². The summed E-state index contributed by atoms with van der Waals surface area (Å²) in [4.78, 5) is 18.4. The van der Waals surface area contributed by atoms with Gasteiger partial charge in [0.2, 0.25) is 0 Å². The van der Waals surface area contributed by atoms with Crippen LogP contribution in [0.25, 0.3) is 67.8 Å². The highest BCUT2D eigenvalue weighted by molar-refractivity contribution is 5.87. The number of imidazole rings is 2. The Kier molecular flexibility index (Phi) is 9.85. The number of nitrogens with zero attached hydrogens (tertiary/aromatic N) is 2. The van der Waals surface area contributed by atoms with Crippen LogP contribution in [0.4, 0.5) is 0 Å². The molecule has 0 amide bonds. The minimum atomic E-state index is 0.0594. The molecule has 2 aromatic heterocycles. The fourth-order valence-corrected chi connectivity index (χ4v) is 7.26. The van der Waals surface area contributed by atoms with Crippen LogP contribution in [0.3, 0.4) is 0 Å². The predicted molar refractivity (Wildman–Crippen MR) is 238 cm³/mol. The number of hydrogen-bond donors (Lipinski definition) is 2. The minimum absolute atomic E-state index is 0.0594. The SMILES string of the molecule is CC(C)(C)c1ccc(-c2nc(-c3ccccc3-c3nc(-c4ccc(C(C)(C)C)cc4)c(-c4ccc(C(C)(C)C)cc4)[nH]3)[nH]c2-c2ccc(C(C)(C)C)cc2)cc1. The molecule has 286 valence electrons. The summed E-state index contributed by atoms with van der Waals surface area (Å²) < 4.78 is 0. The maximum Gasteiger partial charge on any atom is 0.139 e. The van der Waals surface area contributed by atoms with Crippen LogP contribution in [0.1, 0.15) is 105 Å². The topological polar surface area (TPSA) is 57.4 Å². The predicted octanol–water partition coefficient (Wildman–Crippen LogP) is 14.3. The Balaban J connectivity index is 1.38. The fraction of sp³-hybridized carbons (Fsp3) is 0.308. The molecule has 4 nitrogen and oxygen atoms in total. The van der Waals surface area contributed by atoms with Crippen LogP contribution in [-0.4, -0.2) is 19.9 Å². The summed E-state index contributed by atoms with van der Waals surface area (Å²) in [5.41, 5.74) is 15.6. The zero-order valence-electron chi connectivity index (χ0n) is 35.4. The number of rotatable bonds is 6. The molecule has 0 saturated carbocycles. The van der Waals surface area contributed by atoms with Crippen LogP contribution in [0, 0.1) is 0 Å². The van der Waals surface area contributed by atoms with Crippen molar-refractivity contribution in [2.24, 2.45) is 0 Å². The Morgan fingerprint density at radius 1 is 0.321 bits per heavy atom. The molecule has 0 saturated heterocycles. The quantitative estimate of drug-likeness (QED) is 0.178. The Bertz CT molecular complexity index is 2120. The van der Waals surface area contributed by atoms with Crippen molar-refractivity contribution in [2.45, 2.75) is 105 Å². The van der Waals surface area contributed by atoms with Gasteiger partial charge in [0.15, 0.2) is 0 Å². The van der Waals surface area contributed by atoms with Crippen LogP contribution in [0.5, 0.6) is 0 Å². The summed E-state index contributed by atoms with van der Waals surface area (Å²) in [6.45, 7) is 27.0. The van der Waals surface area contributed by atoms with Crippen molar-refractivity contribution in [3.05, 3.63) is 144 Å². The van der Waals surface area contributed by atoms with E-state index >= 15 is 0 Å². The minimum Gasteiger partial charge on any atom is -0.337 e. The van der Waals surface area contributed by atoms with E-state index in [1.165, 1.54) is 22.3 Å². The van der Waals surface area contributed by atoms with Crippen molar-refractivity contribution in [3.63, 3.8) is 0 Å². The lowest BCUT2D eigenvalue weighted by Gasteiger charge is -2.19. The van der Waals surface area contributed by atoms with E-state index in [4.69, 9.17) is 9.97 Å². The van der Waals surface area contributed by atoms with Gasteiger partial charge in [0.25, 0.3) is 0 Å². The molecule has 7 rings (SSSR count). The van der Waals surface area contributed by atoms with E-state index in [-0.39, 0.29) is 21.7 Å². The Labute approximate surface area is 334 Å². The van der Waals surface area contributed by atoms with E-state index in [9.17, 15) is 0 Å². The third kappa shape index (κ3) is 7.93. The number of aromatic nitrogens is 4. The van der Waals surface area contributed by atoms with Gasteiger partial charge in [-0.25, -0.2) is 9.97 Å². The second-order valence-electron chi connectivity index (χ2n) is 19.5. The molecule has 5 aromatic carbocycles. The molecular formula is C52H58N4. The lowest BCUT2D eigenvalue weighted by Crippen LogP contribution is -2.10. The van der Waals surface area contributed by atoms with Crippen molar-refractivity contribution < 1.29 is 0 Å². The van der Waals surface area contributed by atoms with Gasteiger partial charge in [-0.1, -0.05) is 204 Å². The molecule has 0 atom stereocenters. The number of H-pyrrole nitrogens is 2. The van der Waals surface area contributed by atoms with E-state index < -0.39 is 0 Å². The average molecular weight is 739 g/mol. The van der Waals surface area contributed by atoms with Crippen molar-refractivity contribution in [2.75, 3.05) is 0 Å². The number of benzene rings is 5.